The van der Waals surface area contributed by atoms with Gasteiger partial charge in [0.15, 0.2) is 0 Å². The van der Waals surface area contributed by atoms with Crippen LogP contribution in [0.15, 0.2) is 27.1 Å². The van der Waals surface area contributed by atoms with E-state index in [-0.39, 0.29) is 6.04 Å². The molecule has 0 heterocycles. The minimum Gasteiger partial charge on any atom is -0.324 e. The topological polar surface area (TPSA) is 26.0 Å². The van der Waals surface area contributed by atoms with Gasteiger partial charge in [0.1, 0.15) is 0 Å². The molecule has 1 aliphatic carbocycles. The molecular weight excluding hydrogens is 318 g/mol. The van der Waals surface area contributed by atoms with Crippen molar-refractivity contribution >= 4 is 31.9 Å². The zero-order valence-corrected chi connectivity index (χ0v) is 11.7. The van der Waals surface area contributed by atoms with Gasteiger partial charge in [0.2, 0.25) is 0 Å². The van der Waals surface area contributed by atoms with Gasteiger partial charge in [-0.25, -0.2) is 0 Å². The first-order valence-electron chi connectivity index (χ1n) is 5.38. The zero-order valence-electron chi connectivity index (χ0n) is 8.55. The summed E-state index contributed by atoms with van der Waals surface area (Å²) in [6.07, 6.45) is 5.25. The van der Waals surface area contributed by atoms with Crippen LogP contribution in [0, 0.1) is 5.92 Å². The van der Waals surface area contributed by atoms with Crippen molar-refractivity contribution < 1.29 is 0 Å². The summed E-state index contributed by atoms with van der Waals surface area (Å²) < 4.78 is 2.20. The highest BCUT2D eigenvalue weighted by atomic mass is 79.9. The summed E-state index contributed by atoms with van der Waals surface area (Å²) in [4.78, 5) is 0. The summed E-state index contributed by atoms with van der Waals surface area (Å²) in [5.74, 6) is 0.672. The van der Waals surface area contributed by atoms with Gasteiger partial charge in [0, 0.05) is 15.0 Å². The third-order valence-electron chi connectivity index (χ3n) is 3.18. The fraction of sp³-hybridized carbons (Fsp3) is 0.500. The summed E-state index contributed by atoms with van der Waals surface area (Å²) in [5, 5.41) is 0. The molecule has 1 atom stereocenters. The summed E-state index contributed by atoms with van der Waals surface area (Å²) >= 11 is 7.01. The second-order valence-corrected chi connectivity index (χ2v) is 6.10. The van der Waals surface area contributed by atoms with E-state index < -0.39 is 0 Å². The first-order chi connectivity index (χ1) is 7.16. The van der Waals surface area contributed by atoms with Gasteiger partial charge in [0.05, 0.1) is 0 Å². The normalized spacial score (nSPS) is 19.4. The quantitative estimate of drug-likeness (QED) is 0.853. The molecule has 0 bridgehead atoms. The Labute approximate surface area is 108 Å². The Morgan fingerprint density at radius 1 is 1.07 bits per heavy atom. The molecular formula is C12H15Br2N. The van der Waals surface area contributed by atoms with Crippen LogP contribution in [0.3, 0.4) is 0 Å². The molecule has 0 spiro atoms. The molecule has 0 radical (unpaired) electrons. The van der Waals surface area contributed by atoms with Crippen molar-refractivity contribution in [1.29, 1.82) is 0 Å². The second-order valence-electron chi connectivity index (χ2n) is 4.27. The van der Waals surface area contributed by atoms with Crippen molar-refractivity contribution in [3.63, 3.8) is 0 Å². The van der Waals surface area contributed by atoms with E-state index in [1.807, 2.05) is 6.07 Å². The lowest BCUT2D eigenvalue weighted by atomic mass is 9.93. The number of rotatable bonds is 2. The lowest BCUT2D eigenvalue weighted by Gasteiger charge is -2.19. The number of hydrogen-bond donors (Lipinski definition) is 1. The maximum absolute atomic E-state index is 6.30. The molecule has 1 aliphatic rings. The third kappa shape index (κ3) is 2.83. The Kier molecular flexibility index (Phi) is 3.86. The van der Waals surface area contributed by atoms with E-state index in [4.69, 9.17) is 5.73 Å². The lowest BCUT2D eigenvalue weighted by molar-refractivity contribution is 0.444. The molecule has 0 aliphatic heterocycles. The fourth-order valence-electron chi connectivity index (χ4n) is 2.36. The fourth-order valence-corrected chi connectivity index (χ4v) is 3.69. The monoisotopic (exact) mass is 331 g/mol. The van der Waals surface area contributed by atoms with Crippen molar-refractivity contribution in [2.45, 2.75) is 31.7 Å². The van der Waals surface area contributed by atoms with Crippen LogP contribution in [0.25, 0.3) is 0 Å². The van der Waals surface area contributed by atoms with Crippen LogP contribution >= 0.6 is 31.9 Å². The molecule has 1 saturated carbocycles. The number of nitrogens with two attached hydrogens (primary N) is 1. The molecule has 1 nitrogen and oxygen atoms in total. The predicted molar refractivity (Wildman–Crippen MR) is 70.7 cm³/mol. The molecule has 1 aromatic carbocycles. The minimum absolute atomic E-state index is 0.196. The molecule has 0 aromatic heterocycles. The van der Waals surface area contributed by atoms with Crippen LogP contribution in [-0.4, -0.2) is 0 Å². The molecule has 0 amide bonds. The predicted octanol–water partition coefficient (Wildman–Crippen LogP) is 4.40. The van der Waals surface area contributed by atoms with Gasteiger partial charge in [-0.05, 0) is 42.5 Å². The Hall–Kier alpha value is 0.140. The Morgan fingerprint density at radius 2 is 1.60 bits per heavy atom. The van der Waals surface area contributed by atoms with Crippen LogP contribution in [-0.2, 0) is 0 Å². The molecule has 1 fully saturated rings. The zero-order chi connectivity index (χ0) is 10.8. The van der Waals surface area contributed by atoms with E-state index in [1.165, 1.54) is 31.2 Å². The van der Waals surface area contributed by atoms with Crippen LogP contribution < -0.4 is 5.73 Å². The van der Waals surface area contributed by atoms with E-state index in [1.54, 1.807) is 0 Å². The highest BCUT2D eigenvalue weighted by Crippen LogP contribution is 2.35. The van der Waals surface area contributed by atoms with E-state index in [0.29, 0.717) is 5.92 Å². The molecule has 3 heteroatoms. The molecule has 2 rings (SSSR count). The average molecular weight is 333 g/mol. The summed E-state index contributed by atoms with van der Waals surface area (Å²) in [6, 6.07) is 6.51. The smallest absolute Gasteiger partial charge is 0.0324 e. The molecule has 1 unspecified atom stereocenters. The van der Waals surface area contributed by atoms with Gasteiger partial charge in [-0.2, -0.15) is 0 Å². The van der Waals surface area contributed by atoms with E-state index in [9.17, 15) is 0 Å². The first kappa shape index (κ1) is 11.6. The van der Waals surface area contributed by atoms with Gasteiger partial charge in [-0.1, -0.05) is 44.7 Å². The van der Waals surface area contributed by atoms with Crippen molar-refractivity contribution in [2.24, 2.45) is 11.7 Å². The highest BCUT2D eigenvalue weighted by molar-refractivity contribution is 9.11. The molecule has 15 heavy (non-hydrogen) atoms. The van der Waals surface area contributed by atoms with E-state index in [2.05, 4.69) is 44.0 Å². The molecule has 0 saturated heterocycles. The van der Waals surface area contributed by atoms with Crippen molar-refractivity contribution in [3.05, 3.63) is 32.7 Å². The molecule has 2 N–H and O–H groups in total. The largest absolute Gasteiger partial charge is 0.324 e. The van der Waals surface area contributed by atoms with Crippen LogP contribution in [0.2, 0.25) is 0 Å². The van der Waals surface area contributed by atoms with Crippen molar-refractivity contribution in [1.82, 2.24) is 0 Å². The van der Waals surface area contributed by atoms with Gasteiger partial charge in [0.25, 0.3) is 0 Å². The Morgan fingerprint density at radius 3 is 2.13 bits per heavy atom. The molecule has 1 aromatic rings. The van der Waals surface area contributed by atoms with Gasteiger partial charge in [-0.15, -0.1) is 0 Å². The maximum Gasteiger partial charge on any atom is 0.0324 e. The summed E-state index contributed by atoms with van der Waals surface area (Å²) in [5.41, 5.74) is 7.54. The summed E-state index contributed by atoms with van der Waals surface area (Å²) in [7, 11) is 0. The van der Waals surface area contributed by atoms with Crippen LogP contribution in [0.5, 0.6) is 0 Å². The maximum atomic E-state index is 6.30. The first-order valence-corrected chi connectivity index (χ1v) is 6.97. The van der Waals surface area contributed by atoms with Gasteiger partial charge >= 0.3 is 0 Å². The molecule has 82 valence electrons. The van der Waals surface area contributed by atoms with E-state index >= 15 is 0 Å². The standard InChI is InChI=1S/C12H15Br2N/c13-10-5-9(6-11(14)7-10)12(15)8-3-1-2-4-8/h5-8,12H,1-4,15H2. The number of benzene rings is 1. The number of halogens is 2. The summed E-state index contributed by atoms with van der Waals surface area (Å²) in [6.45, 7) is 0. The Balaban J connectivity index is 2.20. The number of hydrogen-bond acceptors (Lipinski definition) is 1. The SMILES string of the molecule is NC(c1cc(Br)cc(Br)c1)C1CCCC1. The highest BCUT2D eigenvalue weighted by Gasteiger charge is 2.23. The van der Waals surface area contributed by atoms with Gasteiger partial charge in [-0.3, -0.25) is 0 Å². The second kappa shape index (κ2) is 4.98. The van der Waals surface area contributed by atoms with Crippen molar-refractivity contribution in [2.75, 3.05) is 0 Å². The van der Waals surface area contributed by atoms with Gasteiger partial charge < -0.3 is 5.73 Å². The third-order valence-corrected chi connectivity index (χ3v) is 4.09. The van der Waals surface area contributed by atoms with E-state index in [0.717, 1.165) is 8.95 Å². The Bertz CT molecular complexity index is 325. The minimum atomic E-state index is 0.196. The van der Waals surface area contributed by atoms with Crippen LogP contribution in [0.1, 0.15) is 37.3 Å². The van der Waals surface area contributed by atoms with Crippen LogP contribution in [0.4, 0.5) is 0 Å². The van der Waals surface area contributed by atoms with Crippen molar-refractivity contribution in [3.8, 4) is 0 Å². The lowest BCUT2D eigenvalue weighted by Crippen LogP contribution is -2.19. The average Bonchev–Trinajstić information content (AvgIpc) is 2.67.